The molecule has 0 amide bonds. The van der Waals surface area contributed by atoms with Gasteiger partial charge in [0.25, 0.3) is 0 Å². The van der Waals surface area contributed by atoms with Crippen LogP contribution in [0.4, 0.5) is 0 Å². The Balaban J connectivity index is 1.45. The smallest absolute Gasteiger partial charge is 0.161 e. The van der Waals surface area contributed by atoms with Crippen LogP contribution in [0.2, 0.25) is 0 Å². The van der Waals surface area contributed by atoms with E-state index in [1.807, 2.05) is 30.3 Å². The maximum atomic E-state index is 5.75. The quantitative estimate of drug-likeness (QED) is 0.358. The predicted octanol–water partition coefficient (Wildman–Crippen LogP) is 5.58. The number of methoxy groups -OCH3 is 3. The Morgan fingerprint density at radius 1 is 1.00 bits per heavy atom. The van der Waals surface area contributed by atoms with Crippen molar-refractivity contribution in [3.05, 3.63) is 81.7 Å². The Bertz CT molecular complexity index is 1220. The van der Waals surface area contributed by atoms with Crippen LogP contribution in [0.1, 0.15) is 27.8 Å². The molecule has 0 radical (unpaired) electrons. The predicted molar refractivity (Wildman–Crippen MR) is 128 cm³/mol. The van der Waals surface area contributed by atoms with Crippen LogP contribution >= 0.6 is 11.3 Å². The van der Waals surface area contributed by atoms with E-state index < -0.39 is 0 Å². The van der Waals surface area contributed by atoms with Gasteiger partial charge in [-0.1, -0.05) is 11.2 Å². The molecule has 5 rings (SSSR count). The van der Waals surface area contributed by atoms with Crippen LogP contribution < -0.4 is 14.2 Å². The minimum absolute atomic E-state index is 0.114. The molecule has 0 saturated heterocycles. The molecule has 4 aromatic rings. The molecule has 3 heterocycles. The van der Waals surface area contributed by atoms with Crippen LogP contribution in [-0.2, 0) is 13.0 Å². The molecule has 0 N–H and O–H groups in total. The molecule has 2 aromatic carbocycles. The van der Waals surface area contributed by atoms with Gasteiger partial charge in [0.05, 0.1) is 33.9 Å². The molecule has 0 aliphatic carbocycles. The molecule has 0 unspecified atom stereocenters. The van der Waals surface area contributed by atoms with Gasteiger partial charge in [-0.15, -0.1) is 11.3 Å². The van der Waals surface area contributed by atoms with Crippen LogP contribution in [0, 0.1) is 0 Å². The zero-order valence-corrected chi connectivity index (χ0v) is 19.7. The fourth-order valence-corrected chi connectivity index (χ4v) is 5.31. The number of hydrogen-bond acceptors (Lipinski definition) is 7. The third kappa shape index (κ3) is 4.21. The van der Waals surface area contributed by atoms with Crippen molar-refractivity contribution in [2.24, 2.45) is 0 Å². The highest BCUT2D eigenvalue weighted by atomic mass is 32.1. The SMILES string of the molecule is COc1ccc(-c2cc(CN3CCc4cc(OC)c(OC)cc4[C@H]3c3cccs3)on2)cc1. The summed E-state index contributed by atoms with van der Waals surface area (Å²) in [6.45, 7) is 1.57. The highest BCUT2D eigenvalue weighted by molar-refractivity contribution is 7.10. The number of rotatable bonds is 7. The molecule has 170 valence electrons. The lowest BCUT2D eigenvalue weighted by atomic mass is 9.90. The van der Waals surface area contributed by atoms with Crippen LogP contribution in [0.25, 0.3) is 11.3 Å². The summed E-state index contributed by atoms with van der Waals surface area (Å²) in [5, 5.41) is 6.44. The molecule has 6 nitrogen and oxygen atoms in total. The lowest BCUT2D eigenvalue weighted by Crippen LogP contribution is -2.35. The number of benzene rings is 2. The zero-order chi connectivity index (χ0) is 22.8. The molecule has 33 heavy (non-hydrogen) atoms. The second-order valence-electron chi connectivity index (χ2n) is 7.95. The van der Waals surface area contributed by atoms with Crippen molar-refractivity contribution < 1.29 is 18.7 Å². The van der Waals surface area contributed by atoms with Gasteiger partial charge in [-0.05, 0) is 65.4 Å². The number of aromatic nitrogens is 1. The highest BCUT2D eigenvalue weighted by Gasteiger charge is 2.32. The van der Waals surface area contributed by atoms with Crippen molar-refractivity contribution in [3.63, 3.8) is 0 Å². The van der Waals surface area contributed by atoms with Crippen molar-refractivity contribution in [2.45, 2.75) is 19.0 Å². The average molecular weight is 463 g/mol. The van der Waals surface area contributed by atoms with E-state index in [9.17, 15) is 0 Å². The van der Waals surface area contributed by atoms with E-state index in [1.54, 1.807) is 32.7 Å². The summed E-state index contributed by atoms with van der Waals surface area (Å²) in [6.07, 6.45) is 0.928. The Labute approximate surface area is 197 Å². The summed E-state index contributed by atoms with van der Waals surface area (Å²) in [6, 6.07) is 18.5. The molecule has 2 aromatic heterocycles. The van der Waals surface area contributed by atoms with E-state index in [-0.39, 0.29) is 6.04 Å². The van der Waals surface area contributed by atoms with Crippen LogP contribution in [0.3, 0.4) is 0 Å². The van der Waals surface area contributed by atoms with E-state index >= 15 is 0 Å². The summed E-state index contributed by atoms with van der Waals surface area (Å²) in [4.78, 5) is 3.73. The maximum absolute atomic E-state index is 5.75. The summed E-state index contributed by atoms with van der Waals surface area (Å²) >= 11 is 1.76. The van der Waals surface area contributed by atoms with Gasteiger partial charge in [-0.3, -0.25) is 4.90 Å². The van der Waals surface area contributed by atoms with Crippen LogP contribution in [-0.4, -0.2) is 37.9 Å². The molecule has 1 atom stereocenters. The van der Waals surface area contributed by atoms with E-state index in [4.69, 9.17) is 18.7 Å². The van der Waals surface area contributed by atoms with Gasteiger partial charge in [0, 0.05) is 23.1 Å². The normalized spacial score (nSPS) is 15.8. The molecule has 0 saturated carbocycles. The summed E-state index contributed by atoms with van der Waals surface area (Å²) in [5.74, 6) is 3.18. The number of hydrogen-bond donors (Lipinski definition) is 0. The average Bonchev–Trinajstić information content (AvgIpc) is 3.56. The van der Waals surface area contributed by atoms with Crippen molar-refractivity contribution in [1.29, 1.82) is 0 Å². The third-order valence-electron chi connectivity index (χ3n) is 6.09. The molecule has 0 spiro atoms. The Kier molecular flexibility index (Phi) is 6.07. The molecule has 1 aliphatic rings. The molecule has 0 bridgehead atoms. The second-order valence-corrected chi connectivity index (χ2v) is 8.93. The van der Waals surface area contributed by atoms with Gasteiger partial charge in [0.1, 0.15) is 11.4 Å². The van der Waals surface area contributed by atoms with Crippen molar-refractivity contribution >= 4 is 11.3 Å². The number of nitrogens with zero attached hydrogens (tertiary/aromatic N) is 2. The fraction of sp³-hybridized carbons (Fsp3) is 0.269. The summed E-state index contributed by atoms with van der Waals surface area (Å²) in [5.41, 5.74) is 4.36. The van der Waals surface area contributed by atoms with Gasteiger partial charge in [0.15, 0.2) is 17.3 Å². The van der Waals surface area contributed by atoms with Gasteiger partial charge in [-0.25, -0.2) is 0 Å². The first-order valence-corrected chi connectivity index (χ1v) is 11.7. The maximum Gasteiger partial charge on any atom is 0.161 e. The standard InChI is InChI=1S/C26H26N2O4S/c1-29-19-8-6-17(7-9-19)22-14-20(32-27-22)16-28-11-10-18-13-23(30-2)24(31-3)15-21(18)26(28)25-5-4-12-33-25/h4-9,12-15,26H,10-11,16H2,1-3H3/t26-/m0/s1. The Morgan fingerprint density at radius 2 is 1.79 bits per heavy atom. The fourth-order valence-electron chi connectivity index (χ4n) is 4.43. The number of thiophene rings is 1. The third-order valence-corrected chi connectivity index (χ3v) is 7.01. The molecule has 1 aliphatic heterocycles. The van der Waals surface area contributed by atoms with Crippen LogP contribution in [0.15, 0.2) is 64.5 Å². The highest BCUT2D eigenvalue weighted by Crippen LogP contribution is 2.42. The van der Waals surface area contributed by atoms with Crippen LogP contribution in [0.5, 0.6) is 17.2 Å². The Morgan fingerprint density at radius 3 is 2.48 bits per heavy atom. The van der Waals surface area contributed by atoms with Crippen molar-refractivity contribution in [1.82, 2.24) is 10.1 Å². The number of fused-ring (bicyclic) bond motifs is 1. The minimum atomic E-state index is 0.114. The van der Waals surface area contributed by atoms with Gasteiger partial charge < -0.3 is 18.7 Å². The lowest BCUT2D eigenvalue weighted by Gasteiger charge is -2.36. The minimum Gasteiger partial charge on any atom is -0.497 e. The van der Waals surface area contributed by atoms with Gasteiger partial charge in [0.2, 0.25) is 0 Å². The largest absolute Gasteiger partial charge is 0.497 e. The second kappa shape index (κ2) is 9.29. The van der Waals surface area contributed by atoms with Gasteiger partial charge in [-0.2, -0.15) is 0 Å². The number of ether oxygens (including phenoxy) is 3. The summed E-state index contributed by atoms with van der Waals surface area (Å²) < 4.78 is 22.2. The molecular weight excluding hydrogens is 436 g/mol. The first-order valence-electron chi connectivity index (χ1n) is 10.8. The van der Waals surface area contributed by atoms with E-state index in [1.165, 1.54) is 16.0 Å². The topological polar surface area (TPSA) is 57.0 Å². The first-order chi connectivity index (χ1) is 16.2. The molecule has 0 fully saturated rings. The first kappa shape index (κ1) is 21.6. The van der Waals surface area contributed by atoms with E-state index in [0.717, 1.165) is 47.2 Å². The summed E-state index contributed by atoms with van der Waals surface area (Å²) in [7, 11) is 5.02. The zero-order valence-electron chi connectivity index (χ0n) is 18.9. The lowest BCUT2D eigenvalue weighted by molar-refractivity contribution is 0.183. The molecule has 7 heteroatoms. The van der Waals surface area contributed by atoms with E-state index in [2.05, 4.69) is 39.7 Å². The van der Waals surface area contributed by atoms with Crippen molar-refractivity contribution in [3.8, 4) is 28.5 Å². The van der Waals surface area contributed by atoms with Crippen molar-refractivity contribution in [2.75, 3.05) is 27.9 Å². The van der Waals surface area contributed by atoms with E-state index in [0.29, 0.717) is 6.54 Å². The van der Waals surface area contributed by atoms with Gasteiger partial charge >= 0.3 is 0 Å². The monoisotopic (exact) mass is 462 g/mol. The molecular formula is C26H26N2O4S. The Hall–Kier alpha value is -3.29.